The molecular formula is C12H17N3O. The van der Waals surface area contributed by atoms with Gasteiger partial charge in [0.25, 0.3) is 0 Å². The summed E-state index contributed by atoms with van der Waals surface area (Å²) in [6.07, 6.45) is 1.17. The summed E-state index contributed by atoms with van der Waals surface area (Å²) in [6.45, 7) is 2.07. The molecule has 4 nitrogen and oxygen atoms in total. The lowest BCUT2D eigenvalue weighted by molar-refractivity contribution is 0.315. The number of likely N-dealkylation sites (N-methyl/N-ethyl adjacent to an activating group) is 1. The Balaban J connectivity index is 2.11. The quantitative estimate of drug-likeness (QED) is 0.731. The Morgan fingerprint density at radius 1 is 1.44 bits per heavy atom. The molecule has 1 aromatic rings. The third-order valence-corrected chi connectivity index (χ3v) is 3.19. The van der Waals surface area contributed by atoms with Crippen molar-refractivity contribution in [3.8, 4) is 0 Å². The van der Waals surface area contributed by atoms with E-state index in [4.69, 9.17) is 0 Å². The topological polar surface area (TPSA) is 35.9 Å². The molecule has 0 N–H and O–H groups in total. The molecule has 0 saturated carbocycles. The molecule has 4 heteroatoms. The Bertz CT molecular complexity index is 378. The molecule has 0 aliphatic carbocycles. The number of hydrogen-bond acceptors (Lipinski definition) is 4. The van der Waals surface area contributed by atoms with Gasteiger partial charge < -0.3 is 9.80 Å². The van der Waals surface area contributed by atoms with E-state index >= 15 is 0 Å². The fraction of sp³-hybridized carbons (Fsp3) is 0.500. The van der Waals surface area contributed by atoms with Gasteiger partial charge in [-0.1, -0.05) is 6.07 Å². The van der Waals surface area contributed by atoms with Gasteiger partial charge in [-0.2, -0.15) is 0 Å². The summed E-state index contributed by atoms with van der Waals surface area (Å²) in [5.41, 5.74) is 1.60. The molecule has 1 atom stereocenters. The third-order valence-electron chi connectivity index (χ3n) is 3.19. The largest absolute Gasteiger partial charge is 0.370 e. The van der Waals surface area contributed by atoms with Crippen LogP contribution in [0, 0.1) is 4.91 Å². The minimum Gasteiger partial charge on any atom is -0.370 e. The summed E-state index contributed by atoms with van der Waals surface area (Å²) in [5.74, 6) is 0. The van der Waals surface area contributed by atoms with Gasteiger partial charge in [-0.15, -0.1) is 4.91 Å². The van der Waals surface area contributed by atoms with E-state index in [1.807, 2.05) is 18.2 Å². The van der Waals surface area contributed by atoms with Gasteiger partial charge in [0.1, 0.15) is 5.69 Å². The number of anilines is 1. The maximum Gasteiger partial charge on any atom is 0.110 e. The van der Waals surface area contributed by atoms with Crippen LogP contribution in [0.3, 0.4) is 0 Å². The minimum absolute atomic E-state index is 0.505. The Morgan fingerprint density at radius 3 is 2.88 bits per heavy atom. The van der Waals surface area contributed by atoms with Crippen LogP contribution in [0.25, 0.3) is 0 Å². The molecule has 16 heavy (non-hydrogen) atoms. The van der Waals surface area contributed by atoms with E-state index in [-0.39, 0.29) is 0 Å². The van der Waals surface area contributed by atoms with Crippen LogP contribution < -0.4 is 4.90 Å². The second-order valence-electron chi connectivity index (χ2n) is 4.46. The van der Waals surface area contributed by atoms with Crippen LogP contribution in [0.5, 0.6) is 0 Å². The maximum atomic E-state index is 10.5. The van der Waals surface area contributed by atoms with Gasteiger partial charge in [0, 0.05) is 24.8 Å². The second kappa shape index (κ2) is 4.61. The van der Waals surface area contributed by atoms with Gasteiger partial charge in [0.2, 0.25) is 0 Å². The van der Waals surface area contributed by atoms with Crippen molar-refractivity contribution in [2.45, 2.75) is 12.5 Å². The molecule has 1 saturated heterocycles. The van der Waals surface area contributed by atoms with Crippen molar-refractivity contribution in [1.29, 1.82) is 0 Å². The van der Waals surface area contributed by atoms with Gasteiger partial charge in [-0.25, -0.2) is 0 Å². The fourth-order valence-electron chi connectivity index (χ4n) is 2.14. The van der Waals surface area contributed by atoms with Gasteiger partial charge in [-0.05, 0) is 43.9 Å². The lowest BCUT2D eigenvalue weighted by atomic mass is 10.2. The molecule has 1 aliphatic rings. The van der Waals surface area contributed by atoms with E-state index in [9.17, 15) is 4.91 Å². The highest BCUT2D eigenvalue weighted by molar-refractivity contribution is 5.56. The van der Waals surface area contributed by atoms with Gasteiger partial charge >= 0.3 is 0 Å². The van der Waals surface area contributed by atoms with E-state index in [1.165, 1.54) is 6.42 Å². The van der Waals surface area contributed by atoms with Gasteiger partial charge in [-0.3, -0.25) is 0 Å². The van der Waals surface area contributed by atoms with E-state index in [1.54, 1.807) is 6.07 Å². The number of rotatable bonds is 3. The van der Waals surface area contributed by atoms with Crippen molar-refractivity contribution in [2.24, 2.45) is 5.18 Å². The molecule has 0 aromatic heterocycles. The normalized spacial score (nSPS) is 20.4. The number of benzene rings is 1. The molecule has 86 valence electrons. The molecule has 1 aliphatic heterocycles. The highest BCUT2D eigenvalue weighted by Crippen LogP contribution is 2.25. The Morgan fingerprint density at radius 2 is 2.25 bits per heavy atom. The maximum absolute atomic E-state index is 10.5. The van der Waals surface area contributed by atoms with Crippen LogP contribution in [-0.4, -0.2) is 38.1 Å². The van der Waals surface area contributed by atoms with Crippen molar-refractivity contribution in [1.82, 2.24) is 4.90 Å². The lowest BCUT2D eigenvalue weighted by Gasteiger charge is -2.21. The predicted molar refractivity (Wildman–Crippen MR) is 66.2 cm³/mol. The average molecular weight is 219 g/mol. The standard InChI is InChI=1S/C12H17N3O/c1-14(2)12-6-7-15(9-12)11-5-3-4-10(8-11)13-16/h3-5,8,12H,6-7,9H2,1-2H3. The highest BCUT2D eigenvalue weighted by atomic mass is 16.3. The first-order valence-electron chi connectivity index (χ1n) is 5.55. The SMILES string of the molecule is CN(C)C1CCN(c2cccc(N=O)c2)C1. The molecule has 1 aromatic carbocycles. The molecule has 1 fully saturated rings. The first-order chi connectivity index (χ1) is 7.70. The zero-order valence-electron chi connectivity index (χ0n) is 9.76. The van der Waals surface area contributed by atoms with Gasteiger partial charge in [0.05, 0.1) is 0 Å². The van der Waals surface area contributed by atoms with Crippen LogP contribution in [0.4, 0.5) is 11.4 Å². The second-order valence-corrected chi connectivity index (χ2v) is 4.46. The van der Waals surface area contributed by atoms with Crippen LogP contribution in [0.2, 0.25) is 0 Å². The monoisotopic (exact) mass is 219 g/mol. The molecule has 0 radical (unpaired) electrons. The first-order valence-corrected chi connectivity index (χ1v) is 5.55. The molecular weight excluding hydrogens is 202 g/mol. The molecule has 2 rings (SSSR count). The highest BCUT2D eigenvalue weighted by Gasteiger charge is 2.24. The van der Waals surface area contributed by atoms with Crippen LogP contribution in [0.1, 0.15) is 6.42 Å². The van der Waals surface area contributed by atoms with E-state index in [0.29, 0.717) is 11.7 Å². The fourth-order valence-corrected chi connectivity index (χ4v) is 2.14. The number of nitrogens with zero attached hydrogens (tertiary/aromatic N) is 3. The Hall–Kier alpha value is -1.42. The smallest absolute Gasteiger partial charge is 0.110 e. The summed E-state index contributed by atoms with van der Waals surface area (Å²) in [4.78, 5) is 15.0. The van der Waals surface area contributed by atoms with Crippen LogP contribution in [0.15, 0.2) is 29.4 Å². The average Bonchev–Trinajstić information content (AvgIpc) is 2.78. The van der Waals surface area contributed by atoms with Crippen molar-refractivity contribution < 1.29 is 0 Å². The van der Waals surface area contributed by atoms with Gasteiger partial charge in [0.15, 0.2) is 0 Å². The molecule has 0 bridgehead atoms. The summed E-state index contributed by atoms with van der Waals surface area (Å²) in [6, 6.07) is 8.11. The number of hydrogen-bond donors (Lipinski definition) is 0. The zero-order chi connectivity index (χ0) is 11.5. The molecule has 0 spiro atoms. The predicted octanol–water partition coefficient (Wildman–Crippen LogP) is 2.22. The zero-order valence-corrected chi connectivity index (χ0v) is 9.76. The molecule has 1 heterocycles. The van der Waals surface area contributed by atoms with E-state index in [2.05, 4.69) is 29.1 Å². The van der Waals surface area contributed by atoms with Crippen molar-refractivity contribution in [3.05, 3.63) is 29.2 Å². The van der Waals surface area contributed by atoms with Crippen molar-refractivity contribution >= 4 is 11.4 Å². The summed E-state index contributed by atoms with van der Waals surface area (Å²) < 4.78 is 0. The summed E-state index contributed by atoms with van der Waals surface area (Å²) in [5, 5.41) is 2.97. The van der Waals surface area contributed by atoms with E-state index < -0.39 is 0 Å². The van der Waals surface area contributed by atoms with E-state index in [0.717, 1.165) is 18.8 Å². The van der Waals surface area contributed by atoms with Crippen molar-refractivity contribution in [3.63, 3.8) is 0 Å². The van der Waals surface area contributed by atoms with Crippen molar-refractivity contribution in [2.75, 3.05) is 32.1 Å². The first kappa shape index (κ1) is 11.1. The number of nitroso groups, excluding NO2 is 1. The minimum atomic E-state index is 0.505. The molecule has 0 amide bonds. The third kappa shape index (κ3) is 2.22. The van der Waals surface area contributed by atoms with Crippen LogP contribution >= 0.6 is 0 Å². The Kier molecular flexibility index (Phi) is 3.19. The summed E-state index contributed by atoms with van der Waals surface area (Å²) >= 11 is 0. The van der Waals surface area contributed by atoms with Crippen LogP contribution in [-0.2, 0) is 0 Å². The summed E-state index contributed by atoms with van der Waals surface area (Å²) in [7, 11) is 4.22. The molecule has 1 unspecified atom stereocenters. The lowest BCUT2D eigenvalue weighted by Crippen LogP contribution is -2.31. The Labute approximate surface area is 95.8 Å².